The van der Waals surface area contributed by atoms with Crippen LogP contribution in [0.1, 0.15) is 37.2 Å². The predicted molar refractivity (Wildman–Crippen MR) is 101 cm³/mol. The average molecular weight is 410 g/mol. The van der Waals surface area contributed by atoms with Gasteiger partial charge in [0, 0.05) is 18.2 Å². The van der Waals surface area contributed by atoms with E-state index >= 15 is 0 Å². The van der Waals surface area contributed by atoms with Crippen LogP contribution >= 0.6 is 11.8 Å². The van der Waals surface area contributed by atoms with Crippen molar-refractivity contribution in [3.63, 3.8) is 0 Å². The Hall–Kier alpha value is -2.07. The summed E-state index contributed by atoms with van der Waals surface area (Å²) in [6, 6.07) is 1.97. The highest BCUT2D eigenvalue weighted by atomic mass is 32.2. The van der Waals surface area contributed by atoms with Gasteiger partial charge in [0.2, 0.25) is 0 Å². The van der Waals surface area contributed by atoms with Crippen LogP contribution in [0.3, 0.4) is 0 Å². The van der Waals surface area contributed by atoms with Gasteiger partial charge < -0.3 is 4.90 Å². The summed E-state index contributed by atoms with van der Waals surface area (Å²) in [7, 11) is 0. The summed E-state index contributed by atoms with van der Waals surface area (Å²) in [5.41, 5.74) is 0.0984. The molecule has 0 spiro atoms. The van der Waals surface area contributed by atoms with Crippen LogP contribution < -0.4 is 0 Å². The second-order valence-corrected chi connectivity index (χ2v) is 8.14. The minimum Gasteiger partial charge on any atom is -0.334 e. The van der Waals surface area contributed by atoms with Gasteiger partial charge in [-0.1, -0.05) is 18.7 Å². The summed E-state index contributed by atoms with van der Waals surface area (Å²) < 4.78 is 42.8. The number of benzene rings is 1. The SMILES string of the molecule is CCSC1=NCN(Cc2ncn(C3CC3)n2)CN1Cc1cc(F)c(F)cc1F. The van der Waals surface area contributed by atoms with E-state index in [1.54, 1.807) is 18.1 Å². The molecule has 0 saturated heterocycles. The van der Waals surface area contributed by atoms with Crippen molar-refractivity contribution in [3.05, 3.63) is 47.3 Å². The molecule has 0 atom stereocenters. The molecule has 10 heteroatoms. The Morgan fingerprint density at radius 1 is 1.11 bits per heavy atom. The molecule has 1 aromatic carbocycles. The zero-order valence-electron chi connectivity index (χ0n) is 15.5. The van der Waals surface area contributed by atoms with Crippen molar-refractivity contribution in [3.8, 4) is 0 Å². The Balaban J connectivity index is 1.48. The number of aromatic nitrogens is 3. The molecule has 2 aromatic rings. The summed E-state index contributed by atoms with van der Waals surface area (Å²) in [4.78, 5) is 12.8. The Kier molecular flexibility index (Phi) is 5.58. The van der Waals surface area contributed by atoms with Gasteiger partial charge >= 0.3 is 0 Å². The van der Waals surface area contributed by atoms with E-state index in [0.717, 1.165) is 29.8 Å². The minimum absolute atomic E-state index is 0.0984. The van der Waals surface area contributed by atoms with Gasteiger partial charge in [-0.15, -0.1) is 0 Å². The number of nitrogens with zero attached hydrogens (tertiary/aromatic N) is 6. The number of thioether (sulfide) groups is 1. The van der Waals surface area contributed by atoms with Crippen molar-refractivity contribution in [2.75, 3.05) is 19.1 Å². The van der Waals surface area contributed by atoms with Gasteiger partial charge in [-0.2, -0.15) is 5.10 Å². The first kappa shape index (κ1) is 19.3. The fourth-order valence-electron chi connectivity index (χ4n) is 3.08. The van der Waals surface area contributed by atoms with E-state index in [9.17, 15) is 13.2 Å². The van der Waals surface area contributed by atoms with Crippen LogP contribution in [0.2, 0.25) is 0 Å². The Bertz CT molecular complexity index is 882. The molecular weight excluding hydrogens is 389 g/mol. The number of halogens is 3. The van der Waals surface area contributed by atoms with Crippen LogP contribution in [-0.4, -0.2) is 48.8 Å². The van der Waals surface area contributed by atoms with Crippen LogP contribution in [0, 0.1) is 17.5 Å². The first-order chi connectivity index (χ1) is 13.5. The van der Waals surface area contributed by atoms with E-state index in [0.29, 0.717) is 37.8 Å². The molecule has 0 amide bonds. The fourth-order valence-corrected chi connectivity index (χ4v) is 3.79. The van der Waals surface area contributed by atoms with Gasteiger partial charge in [0.05, 0.1) is 25.9 Å². The van der Waals surface area contributed by atoms with Gasteiger partial charge in [-0.05, 0) is 24.7 Å². The monoisotopic (exact) mass is 410 g/mol. The van der Waals surface area contributed by atoms with Gasteiger partial charge in [0.25, 0.3) is 0 Å². The summed E-state index contributed by atoms with van der Waals surface area (Å²) in [6.45, 7) is 3.59. The third-order valence-electron chi connectivity index (χ3n) is 4.61. The number of aliphatic imine (C=N–C) groups is 1. The molecular formula is C18H21F3N6S. The molecule has 1 saturated carbocycles. The maximum Gasteiger partial charge on any atom is 0.164 e. The summed E-state index contributed by atoms with van der Waals surface area (Å²) in [5.74, 6) is -1.48. The Morgan fingerprint density at radius 3 is 2.64 bits per heavy atom. The van der Waals surface area contributed by atoms with Gasteiger partial charge in [0.15, 0.2) is 22.6 Å². The molecule has 0 N–H and O–H groups in total. The van der Waals surface area contributed by atoms with Gasteiger partial charge in [-0.25, -0.2) is 27.8 Å². The van der Waals surface area contributed by atoms with Crippen molar-refractivity contribution in [2.24, 2.45) is 4.99 Å². The van der Waals surface area contributed by atoms with E-state index < -0.39 is 17.5 Å². The third kappa shape index (κ3) is 4.33. The van der Waals surface area contributed by atoms with Crippen molar-refractivity contribution in [1.82, 2.24) is 24.6 Å². The molecule has 150 valence electrons. The van der Waals surface area contributed by atoms with Crippen LogP contribution in [0.4, 0.5) is 13.2 Å². The highest BCUT2D eigenvalue weighted by Gasteiger charge is 2.26. The van der Waals surface area contributed by atoms with Gasteiger partial charge in [-0.3, -0.25) is 4.90 Å². The van der Waals surface area contributed by atoms with Crippen molar-refractivity contribution < 1.29 is 13.2 Å². The van der Waals surface area contributed by atoms with Gasteiger partial charge in [0.1, 0.15) is 12.1 Å². The van der Waals surface area contributed by atoms with Crippen molar-refractivity contribution >= 4 is 16.9 Å². The zero-order valence-corrected chi connectivity index (χ0v) is 16.3. The lowest BCUT2D eigenvalue weighted by molar-refractivity contribution is 0.160. The highest BCUT2D eigenvalue weighted by Crippen LogP contribution is 2.33. The standard InChI is InChI=1S/C18H21F3N6S/c1-2-28-18-23-9-25(8-17-22-10-27(24-17)13-3-4-13)11-26(18)7-12-5-15(20)16(21)6-14(12)19/h5-6,10,13H,2-4,7-9,11H2,1H3. The number of amidine groups is 1. The van der Waals surface area contributed by atoms with Crippen LogP contribution in [0.5, 0.6) is 0 Å². The van der Waals surface area contributed by atoms with Crippen molar-refractivity contribution in [2.45, 2.75) is 38.9 Å². The molecule has 6 nitrogen and oxygen atoms in total. The minimum atomic E-state index is -1.18. The topological polar surface area (TPSA) is 49.6 Å². The fraction of sp³-hybridized carbons (Fsp3) is 0.500. The van der Waals surface area contributed by atoms with E-state index in [1.165, 1.54) is 0 Å². The van der Waals surface area contributed by atoms with E-state index in [2.05, 4.69) is 15.1 Å². The molecule has 1 aliphatic heterocycles. The molecule has 28 heavy (non-hydrogen) atoms. The number of hydrogen-bond donors (Lipinski definition) is 0. The smallest absolute Gasteiger partial charge is 0.164 e. The van der Waals surface area contributed by atoms with E-state index in [1.807, 2.05) is 21.4 Å². The van der Waals surface area contributed by atoms with Crippen LogP contribution in [0.15, 0.2) is 23.5 Å². The first-order valence-corrected chi connectivity index (χ1v) is 10.2. The second kappa shape index (κ2) is 8.12. The molecule has 2 aliphatic rings. The van der Waals surface area contributed by atoms with Crippen LogP contribution in [0.25, 0.3) is 0 Å². The third-order valence-corrected chi connectivity index (χ3v) is 5.55. The summed E-state index contributed by atoms with van der Waals surface area (Å²) in [5, 5.41) is 5.27. The molecule has 1 aliphatic carbocycles. The largest absolute Gasteiger partial charge is 0.334 e. The lowest BCUT2D eigenvalue weighted by Gasteiger charge is -2.35. The maximum atomic E-state index is 14.1. The first-order valence-electron chi connectivity index (χ1n) is 9.21. The molecule has 1 aromatic heterocycles. The normalized spacial score (nSPS) is 17.9. The number of hydrogen-bond acceptors (Lipinski definition) is 6. The highest BCUT2D eigenvalue weighted by molar-refractivity contribution is 8.13. The van der Waals surface area contributed by atoms with E-state index in [4.69, 9.17) is 0 Å². The summed E-state index contributed by atoms with van der Waals surface area (Å²) >= 11 is 1.54. The molecule has 0 radical (unpaired) electrons. The van der Waals surface area contributed by atoms with E-state index in [-0.39, 0.29) is 12.1 Å². The zero-order chi connectivity index (χ0) is 19.7. The quantitative estimate of drug-likeness (QED) is 0.684. The Labute approximate surface area is 165 Å². The lowest BCUT2D eigenvalue weighted by atomic mass is 10.2. The lowest BCUT2D eigenvalue weighted by Crippen LogP contribution is -2.44. The predicted octanol–water partition coefficient (Wildman–Crippen LogP) is 3.37. The van der Waals surface area contributed by atoms with Crippen LogP contribution in [-0.2, 0) is 13.1 Å². The molecule has 0 unspecified atom stereocenters. The average Bonchev–Trinajstić information content (AvgIpc) is 3.41. The molecule has 2 heterocycles. The molecule has 0 bridgehead atoms. The maximum absolute atomic E-state index is 14.1. The number of rotatable bonds is 6. The van der Waals surface area contributed by atoms with Crippen molar-refractivity contribution in [1.29, 1.82) is 0 Å². The molecule has 4 rings (SSSR count). The Morgan fingerprint density at radius 2 is 1.89 bits per heavy atom. The second-order valence-electron chi connectivity index (χ2n) is 6.91. The molecule has 1 fully saturated rings. The summed E-state index contributed by atoms with van der Waals surface area (Å²) in [6.07, 6.45) is 4.04.